The molecule has 1 aliphatic rings. The van der Waals surface area contributed by atoms with E-state index >= 15 is 0 Å². The lowest BCUT2D eigenvalue weighted by Crippen LogP contribution is -2.30. The van der Waals surface area contributed by atoms with Gasteiger partial charge in [-0.3, -0.25) is 9.20 Å². The molecule has 4 rings (SSSR count). The van der Waals surface area contributed by atoms with E-state index in [1.165, 1.54) is 15.3 Å². The number of nitrogens with zero attached hydrogens (tertiary/aromatic N) is 5. The molecule has 0 fully saturated rings. The van der Waals surface area contributed by atoms with E-state index < -0.39 is 0 Å². The molecule has 0 atom stereocenters. The van der Waals surface area contributed by atoms with Gasteiger partial charge in [0.15, 0.2) is 17.2 Å². The Morgan fingerprint density at radius 2 is 2.24 bits per heavy atom. The molecular weight excluding hydrogens is 376 g/mol. The van der Waals surface area contributed by atoms with Gasteiger partial charge in [0.2, 0.25) is 0 Å². The molecule has 0 aromatic carbocycles. The lowest BCUT2D eigenvalue weighted by Gasteiger charge is -2.30. The molecule has 3 aromatic rings. The van der Waals surface area contributed by atoms with Crippen LogP contribution in [0.1, 0.15) is 16.8 Å². The maximum atomic E-state index is 12.3. The maximum Gasteiger partial charge on any atom is 0.350 e. The summed E-state index contributed by atoms with van der Waals surface area (Å²) in [4.78, 5) is 30.8. The molecule has 10 heteroatoms. The van der Waals surface area contributed by atoms with Gasteiger partial charge in [0.1, 0.15) is 6.61 Å². The van der Waals surface area contributed by atoms with Gasteiger partial charge in [-0.05, 0) is 18.6 Å². The van der Waals surface area contributed by atoms with E-state index in [9.17, 15) is 9.59 Å². The molecule has 1 amide bonds. The molecular formula is C19H22N6O4. The monoisotopic (exact) mass is 398 g/mol. The van der Waals surface area contributed by atoms with Gasteiger partial charge >= 0.3 is 5.69 Å². The van der Waals surface area contributed by atoms with E-state index in [1.807, 2.05) is 17.0 Å². The van der Waals surface area contributed by atoms with E-state index in [4.69, 9.17) is 9.47 Å². The van der Waals surface area contributed by atoms with Gasteiger partial charge in [-0.15, -0.1) is 0 Å². The van der Waals surface area contributed by atoms with Crippen LogP contribution in [0.3, 0.4) is 0 Å². The van der Waals surface area contributed by atoms with Crippen molar-refractivity contribution >= 4 is 23.1 Å². The van der Waals surface area contributed by atoms with Gasteiger partial charge in [0, 0.05) is 51.5 Å². The van der Waals surface area contributed by atoms with Crippen molar-refractivity contribution in [1.29, 1.82) is 0 Å². The Kier molecular flexibility index (Phi) is 5.17. The number of hydrogen-bond donors (Lipinski definition) is 1. The fourth-order valence-corrected chi connectivity index (χ4v) is 3.23. The normalized spacial score (nSPS) is 13.2. The van der Waals surface area contributed by atoms with Crippen molar-refractivity contribution in [2.24, 2.45) is 7.05 Å². The van der Waals surface area contributed by atoms with Crippen LogP contribution in [0.4, 0.5) is 11.5 Å². The van der Waals surface area contributed by atoms with Gasteiger partial charge in [0.25, 0.3) is 5.91 Å². The van der Waals surface area contributed by atoms with Crippen LogP contribution in [0.15, 0.2) is 35.4 Å². The number of ether oxygens (including phenoxy) is 2. The first-order valence-electron chi connectivity index (χ1n) is 9.31. The Morgan fingerprint density at radius 3 is 3.07 bits per heavy atom. The molecule has 0 unspecified atom stereocenters. The highest BCUT2D eigenvalue weighted by Crippen LogP contribution is 2.35. The zero-order valence-corrected chi connectivity index (χ0v) is 16.3. The number of rotatable bonds is 6. The Balaban J connectivity index is 1.58. The van der Waals surface area contributed by atoms with Crippen LogP contribution in [0.25, 0.3) is 5.65 Å². The summed E-state index contributed by atoms with van der Waals surface area (Å²) in [5, 5.41) is 7.07. The van der Waals surface area contributed by atoms with Crippen LogP contribution in [0.5, 0.6) is 5.75 Å². The number of aromatic nitrogens is 4. The van der Waals surface area contributed by atoms with Gasteiger partial charge in [-0.25, -0.2) is 14.5 Å². The smallest absolute Gasteiger partial charge is 0.350 e. The second-order valence-electron chi connectivity index (χ2n) is 6.67. The molecule has 0 spiro atoms. The number of anilines is 2. The summed E-state index contributed by atoms with van der Waals surface area (Å²) in [7, 11) is 3.24. The molecule has 0 saturated heterocycles. The van der Waals surface area contributed by atoms with Crippen LogP contribution >= 0.6 is 0 Å². The van der Waals surface area contributed by atoms with E-state index in [1.54, 1.807) is 26.4 Å². The third-order valence-corrected chi connectivity index (χ3v) is 4.70. The van der Waals surface area contributed by atoms with Gasteiger partial charge in [0.05, 0.1) is 12.1 Å². The molecule has 29 heavy (non-hydrogen) atoms. The fourth-order valence-electron chi connectivity index (χ4n) is 3.23. The van der Waals surface area contributed by atoms with Crippen molar-refractivity contribution in [1.82, 2.24) is 24.5 Å². The molecule has 10 nitrogen and oxygen atoms in total. The molecule has 0 radical (unpaired) electrons. The molecule has 0 aliphatic carbocycles. The van der Waals surface area contributed by atoms with E-state index in [2.05, 4.69) is 15.4 Å². The topological polar surface area (TPSA) is 103 Å². The molecule has 3 aromatic heterocycles. The van der Waals surface area contributed by atoms with E-state index in [-0.39, 0.29) is 11.6 Å². The Morgan fingerprint density at radius 1 is 1.38 bits per heavy atom. The minimum absolute atomic E-state index is 0.201. The predicted molar refractivity (Wildman–Crippen MR) is 106 cm³/mol. The Hall–Kier alpha value is -3.40. The average molecular weight is 398 g/mol. The second-order valence-corrected chi connectivity index (χ2v) is 6.67. The summed E-state index contributed by atoms with van der Waals surface area (Å²) in [6, 6.07) is 5.36. The highest BCUT2D eigenvalue weighted by Gasteiger charge is 2.23. The number of amides is 1. The summed E-state index contributed by atoms with van der Waals surface area (Å²) in [5.74, 6) is 0.959. The first-order valence-corrected chi connectivity index (χ1v) is 9.31. The summed E-state index contributed by atoms with van der Waals surface area (Å²) in [6.45, 7) is 2.16. The third-order valence-electron chi connectivity index (χ3n) is 4.70. The zero-order chi connectivity index (χ0) is 20.4. The van der Waals surface area contributed by atoms with Crippen LogP contribution in [0.2, 0.25) is 0 Å². The quantitative estimate of drug-likeness (QED) is 0.611. The summed E-state index contributed by atoms with van der Waals surface area (Å²) >= 11 is 0. The number of aryl methyl sites for hydroxylation is 1. The fraction of sp³-hybridized carbons (Fsp3) is 0.368. The van der Waals surface area contributed by atoms with Gasteiger partial charge in [-0.2, -0.15) is 5.10 Å². The van der Waals surface area contributed by atoms with Crippen molar-refractivity contribution in [3.05, 3.63) is 46.6 Å². The van der Waals surface area contributed by atoms with Crippen molar-refractivity contribution < 1.29 is 14.3 Å². The lowest BCUT2D eigenvalue weighted by molar-refractivity contribution is 0.0947. The highest BCUT2D eigenvalue weighted by molar-refractivity contribution is 5.94. The first-order chi connectivity index (χ1) is 14.1. The largest absolute Gasteiger partial charge is 0.488 e. The highest BCUT2D eigenvalue weighted by atomic mass is 16.5. The molecule has 1 aliphatic heterocycles. The Bertz CT molecular complexity index is 1110. The van der Waals surface area contributed by atoms with Crippen LogP contribution in [0, 0.1) is 0 Å². The van der Waals surface area contributed by atoms with Crippen molar-refractivity contribution in [2.75, 3.05) is 38.3 Å². The minimum atomic E-state index is -0.202. The maximum absolute atomic E-state index is 12.3. The van der Waals surface area contributed by atoms with Gasteiger partial charge < -0.3 is 19.7 Å². The first kappa shape index (κ1) is 18.9. The molecule has 1 N–H and O–H groups in total. The number of nitrogens with one attached hydrogen (secondary N) is 1. The van der Waals surface area contributed by atoms with Gasteiger partial charge in [-0.1, -0.05) is 0 Å². The van der Waals surface area contributed by atoms with Crippen LogP contribution in [-0.2, 0) is 11.8 Å². The third kappa shape index (κ3) is 3.66. The standard InChI is InChI=1S/C19H22N6O4/c1-23-19(27)25-6-4-14(11-16(25)22-23)24-7-9-29-15-10-13(12-21-17(15)24)18(26)20-5-3-8-28-2/h4,6,10-12H,3,5,7-9H2,1-2H3,(H,20,26). The number of fused-ring (bicyclic) bond motifs is 2. The Labute approximate surface area is 166 Å². The SMILES string of the molecule is COCCCNC(=O)c1cnc2c(c1)OCCN2c1ccn2c(=O)n(C)nc2c1. The molecule has 0 bridgehead atoms. The van der Waals surface area contributed by atoms with Crippen molar-refractivity contribution in [3.63, 3.8) is 0 Å². The summed E-state index contributed by atoms with van der Waals surface area (Å²) in [5.41, 5.74) is 1.63. The van der Waals surface area contributed by atoms with E-state index in [0.29, 0.717) is 49.1 Å². The van der Waals surface area contributed by atoms with Crippen LogP contribution in [-0.4, -0.2) is 58.5 Å². The number of carbonyl (C=O) groups excluding carboxylic acids is 1. The molecule has 152 valence electrons. The van der Waals surface area contributed by atoms with Crippen molar-refractivity contribution in [2.45, 2.75) is 6.42 Å². The summed E-state index contributed by atoms with van der Waals surface area (Å²) < 4.78 is 13.5. The van der Waals surface area contributed by atoms with Crippen LogP contribution < -0.4 is 20.6 Å². The van der Waals surface area contributed by atoms with E-state index in [0.717, 1.165) is 12.1 Å². The number of pyridine rings is 2. The summed E-state index contributed by atoms with van der Waals surface area (Å²) in [6.07, 6.45) is 3.97. The number of carbonyl (C=O) groups is 1. The minimum Gasteiger partial charge on any atom is -0.488 e. The van der Waals surface area contributed by atoms with Crippen molar-refractivity contribution in [3.8, 4) is 5.75 Å². The number of methoxy groups -OCH3 is 1. The second kappa shape index (κ2) is 7.92. The zero-order valence-electron chi connectivity index (χ0n) is 16.3. The average Bonchev–Trinajstić information content (AvgIpc) is 3.03. The lowest BCUT2D eigenvalue weighted by atomic mass is 10.2. The molecule has 4 heterocycles. The number of hydrogen-bond acceptors (Lipinski definition) is 7. The molecule has 0 saturated carbocycles. The predicted octanol–water partition coefficient (Wildman–Crippen LogP) is 0.725.